The van der Waals surface area contributed by atoms with E-state index >= 15 is 0 Å². The minimum atomic E-state index is -0.580. The predicted octanol–water partition coefficient (Wildman–Crippen LogP) is 2.57. The molecule has 0 aliphatic heterocycles. The van der Waals surface area contributed by atoms with Gasteiger partial charge in [-0.2, -0.15) is 0 Å². The third kappa shape index (κ3) is 5.25. The molecule has 100 valence electrons. The minimum Gasteiger partial charge on any atom is -0.508 e. The van der Waals surface area contributed by atoms with Crippen molar-refractivity contribution >= 4 is 17.7 Å². The summed E-state index contributed by atoms with van der Waals surface area (Å²) in [7, 11) is 0. The molecule has 0 atom stereocenters. The summed E-state index contributed by atoms with van der Waals surface area (Å²) in [6.45, 7) is 5.56. The lowest BCUT2D eigenvalue weighted by molar-refractivity contribution is 0.0496. The molecule has 0 unspecified atom stereocenters. The maximum atomic E-state index is 11.3. The van der Waals surface area contributed by atoms with Gasteiger partial charge in [0, 0.05) is 17.1 Å². The smallest absolute Gasteiger partial charge is 0.422 e. The van der Waals surface area contributed by atoms with Gasteiger partial charge in [-0.15, -0.1) is 0 Å². The Bertz CT molecular complexity index is 430. The number of nitrogens with one attached hydrogen (secondary N) is 2. The fourth-order valence-corrected chi connectivity index (χ4v) is 1.41. The average Bonchev–Trinajstić information content (AvgIpc) is 2.20. The molecule has 1 rings (SSSR count). The molecule has 0 radical (unpaired) electrons. The van der Waals surface area contributed by atoms with E-state index in [0.29, 0.717) is 10.6 Å². The molecule has 1 amide bonds. The first kappa shape index (κ1) is 14.6. The first-order chi connectivity index (χ1) is 8.28. The molecule has 0 aliphatic rings. The van der Waals surface area contributed by atoms with Gasteiger partial charge in [0.1, 0.15) is 11.4 Å². The number of ether oxygens (including phenoxy) is 1. The fourth-order valence-electron chi connectivity index (χ4n) is 1.21. The summed E-state index contributed by atoms with van der Waals surface area (Å²) in [4.78, 5) is 11.3. The van der Waals surface area contributed by atoms with E-state index in [2.05, 4.69) is 10.9 Å². The summed E-state index contributed by atoms with van der Waals surface area (Å²) in [5.74, 6) is 0.109. The van der Waals surface area contributed by atoms with Crippen LogP contribution < -0.4 is 10.9 Å². The topological polar surface area (TPSA) is 70.6 Å². The van der Waals surface area contributed by atoms with E-state index in [-0.39, 0.29) is 12.3 Å². The van der Waals surface area contributed by atoms with E-state index in [1.54, 1.807) is 32.9 Å². The van der Waals surface area contributed by atoms with Crippen molar-refractivity contribution in [2.75, 3.05) is 0 Å². The van der Waals surface area contributed by atoms with Gasteiger partial charge in [0.2, 0.25) is 0 Å². The lowest BCUT2D eigenvalue weighted by atomic mass is 10.2. The average molecular weight is 273 g/mol. The van der Waals surface area contributed by atoms with Gasteiger partial charge in [0.15, 0.2) is 0 Å². The Hall–Kier alpha value is -1.46. The molecule has 0 fully saturated rings. The van der Waals surface area contributed by atoms with Crippen LogP contribution in [0.5, 0.6) is 5.75 Å². The first-order valence-corrected chi connectivity index (χ1v) is 5.85. The van der Waals surface area contributed by atoms with Gasteiger partial charge < -0.3 is 9.84 Å². The normalized spacial score (nSPS) is 11.1. The Labute approximate surface area is 111 Å². The van der Waals surface area contributed by atoms with Crippen LogP contribution in [0.25, 0.3) is 0 Å². The molecule has 3 N–H and O–H groups in total. The summed E-state index contributed by atoms with van der Waals surface area (Å²) in [6.07, 6.45) is -0.580. The van der Waals surface area contributed by atoms with Crippen LogP contribution in [0.4, 0.5) is 4.79 Å². The van der Waals surface area contributed by atoms with Gasteiger partial charge >= 0.3 is 6.09 Å². The number of hydrazine groups is 1. The number of aromatic hydroxyl groups is 1. The van der Waals surface area contributed by atoms with E-state index in [1.165, 1.54) is 6.07 Å². The SMILES string of the molecule is CC(C)(C)OC(=O)NNCc1cc(Cl)ccc1O. The Morgan fingerprint density at radius 2 is 2.11 bits per heavy atom. The van der Waals surface area contributed by atoms with Crippen LogP contribution in [0.1, 0.15) is 26.3 Å². The predicted molar refractivity (Wildman–Crippen MR) is 69.3 cm³/mol. The second-order valence-corrected chi connectivity index (χ2v) is 5.19. The molecule has 0 saturated heterocycles. The number of hydrogen-bond donors (Lipinski definition) is 3. The molecular formula is C12H17ClN2O3. The van der Waals surface area contributed by atoms with Gasteiger partial charge in [-0.05, 0) is 39.0 Å². The van der Waals surface area contributed by atoms with Crippen LogP contribution in [-0.4, -0.2) is 16.8 Å². The molecule has 0 aliphatic carbocycles. The second-order valence-electron chi connectivity index (χ2n) is 4.75. The van der Waals surface area contributed by atoms with Gasteiger partial charge in [-0.1, -0.05) is 11.6 Å². The maximum Gasteiger partial charge on any atom is 0.422 e. The number of halogens is 1. The number of rotatable bonds is 3. The standard InChI is InChI=1S/C12H17ClN2O3/c1-12(2,3)18-11(17)15-14-7-8-6-9(13)4-5-10(8)16/h4-6,14,16H,7H2,1-3H3,(H,15,17). The van der Waals surface area contributed by atoms with Crippen LogP contribution in [0.3, 0.4) is 0 Å². The molecule has 0 spiro atoms. The van der Waals surface area contributed by atoms with Crippen LogP contribution in [0.2, 0.25) is 5.02 Å². The zero-order valence-electron chi connectivity index (χ0n) is 10.6. The van der Waals surface area contributed by atoms with E-state index in [0.717, 1.165) is 0 Å². The number of hydrogen-bond acceptors (Lipinski definition) is 4. The molecule has 1 aromatic carbocycles. The Balaban J connectivity index is 2.42. The highest BCUT2D eigenvalue weighted by molar-refractivity contribution is 6.30. The molecule has 0 aromatic heterocycles. The largest absolute Gasteiger partial charge is 0.508 e. The summed E-state index contributed by atoms with van der Waals surface area (Å²) in [5.41, 5.74) is 5.05. The van der Waals surface area contributed by atoms with Crippen LogP contribution in [0.15, 0.2) is 18.2 Å². The van der Waals surface area contributed by atoms with Gasteiger partial charge in [-0.25, -0.2) is 10.2 Å². The highest BCUT2D eigenvalue weighted by Gasteiger charge is 2.15. The quantitative estimate of drug-likeness (QED) is 0.740. The Morgan fingerprint density at radius 1 is 1.44 bits per heavy atom. The van der Waals surface area contributed by atoms with Gasteiger partial charge in [0.25, 0.3) is 0 Å². The van der Waals surface area contributed by atoms with Crippen molar-refractivity contribution in [3.05, 3.63) is 28.8 Å². The monoisotopic (exact) mass is 272 g/mol. The van der Waals surface area contributed by atoms with Crippen molar-refractivity contribution in [1.82, 2.24) is 10.9 Å². The molecule has 1 aromatic rings. The third-order valence-electron chi connectivity index (χ3n) is 1.91. The minimum absolute atomic E-state index is 0.109. The van der Waals surface area contributed by atoms with Crippen molar-refractivity contribution in [3.63, 3.8) is 0 Å². The lowest BCUT2D eigenvalue weighted by Crippen LogP contribution is -2.40. The van der Waals surface area contributed by atoms with Gasteiger partial charge in [-0.3, -0.25) is 5.43 Å². The zero-order valence-corrected chi connectivity index (χ0v) is 11.3. The van der Waals surface area contributed by atoms with Crippen molar-refractivity contribution in [3.8, 4) is 5.75 Å². The number of phenolic OH excluding ortho intramolecular Hbond substituents is 1. The van der Waals surface area contributed by atoms with Crippen molar-refractivity contribution in [2.24, 2.45) is 0 Å². The van der Waals surface area contributed by atoms with Gasteiger partial charge in [0.05, 0.1) is 0 Å². The number of amides is 1. The fraction of sp³-hybridized carbons (Fsp3) is 0.417. The second kappa shape index (κ2) is 5.93. The molecule has 6 heteroatoms. The van der Waals surface area contributed by atoms with E-state index in [9.17, 15) is 9.90 Å². The highest BCUT2D eigenvalue weighted by atomic mass is 35.5. The summed E-state index contributed by atoms with van der Waals surface area (Å²) >= 11 is 5.79. The third-order valence-corrected chi connectivity index (χ3v) is 2.14. The van der Waals surface area contributed by atoms with Crippen LogP contribution in [0, 0.1) is 0 Å². The van der Waals surface area contributed by atoms with E-state index in [1.807, 2.05) is 0 Å². The lowest BCUT2D eigenvalue weighted by Gasteiger charge is -2.19. The highest BCUT2D eigenvalue weighted by Crippen LogP contribution is 2.20. The van der Waals surface area contributed by atoms with E-state index < -0.39 is 11.7 Å². The van der Waals surface area contributed by atoms with E-state index in [4.69, 9.17) is 16.3 Å². The van der Waals surface area contributed by atoms with Crippen molar-refractivity contribution in [1.29, 1.82) is 0 Å². The Kier molecular flexibility index (Phi) is 4.81. The Morgan fingerprint density at radius 3 is 2.72 bits per heavy atom. The molecule has 0 heterocycles. The van der Waals surface area contributed by atoms with Crippen LogP contribution in [-0.2, 0) is 11.3 Å². The van der Waals surface area contributed by atoms with Crippen molar-refractivity contribution < 1.29 is 14.6 Å². The molecule has 18 heavy (non-hydrogen) atoms. The first-order valence-electron chi connectivity index (χ1n) is 5.47. The van der Waals surface area contributed by atoms with Crippen LogP contribution >= 0.6 is 11.6 Å². The van der Waals surface area contributed by atoms with Crippen molar-refractivity contribution in [2.45, 2.75) is 32.9 Å². The number of benzene rings is 1. The molecule has 0 bridgehead atoms. The number of phenols is 1. The molecule has 5 nitrogen and oxygen atoms in total. The maximum absolute atomic E-state index is 11.3. The summed E-state index contributed by atoms with van der Waals surface area (Å²) in [5, 5.41) is 10.1. The molecular weight excluding hydrogens is 256 g/mol. The number of carbonyl (C=O) groups excluding carboxylic acids is 1. The number of carbonyl (C=O) groups is 1. The zero-order chi connectivity index (χ0) is 13.8. The summed E-state index contributed by atoms with van der Waals surface area (Å²) < 4.78 is 5.03. The summed E-state index contributed by atoms with van der Waals surface area (Å²) in [6, 6.07) is 4.69. The molecule has 0 saturated carbocycles.